The number of amides is 1. The molecule has 2 saturated heterocycles. The molecule has 0 bridgehead atoms. The second-order valence-electron chi connectivity index (χ2n) is 8.86. The number of hydrogen-bond acceptors (Lipinski definition) is 5. The van der Waals surface area contributed by atoms with Crippen LogP contribution in [0.2, 0.25) is 5.02 Å². The minimum absolute atomic E-state index is 0.0386. The fraction of sp³-hybridized carbons (Fsp3) is 0.619. The van der Waals surface area contributed by atoms with Crippen molar-refractivity contribution < 1.29 is 24.2 Å². The molecule has 0 spiro atoms. The Bertz CT molecular complexity index is 829. The zero-order valence-electron chi connectivity index (χ0n) is 16.6. The van der Waals surface area contributed by atoms with Gasteiger partial charge in [0.1, 0.15) is 11.4 Å². The Hall–Kier alpha value is -1.83. The van der Waals surface area contributed by atoms with Gasteiger partial charge in [0.2, 0.25) is 5.91 Å². The number of benzene rings is 1. The largest absolute Gasteiger partial charge is 0.487 e. The maximum Gasteiger partial charge on any atom is 0.305 e. The van der Waals surface area contributed by atoms with Crippen molar-refractivity contribution in [2.45, 2.75) is 57.0 Å². The van der Waals surface area contributed by atoms with Crippen molar-refractivity contribution in [3.8, 4) is 5.75 Å². The van der Waals surface area contributed by atoms with Gasteiger partial charge < -0.3 is 25.2 Å². The van der Waals surface area contributed by atoms with Gasteiger partial charge in [-0.25, -0.2) is 0 Å². The molecular formula is C21H27ClN2O5. The molecular weight excluding hydrogens is 396 g/mol. The summed E-state index contributed by atoms with van der Waals surface area (Å²) in [6.07, 6.45) is 1.15. The van der Waals surface area contributed by atoms with Gasteiger partial charge >= 0.3 is 5.97 Å². The normalized spacial score (nSPS) is 31.0. The summed E-state index contributed by atoms with van der Waals surface area (Å²) < 4.78 is 12.8. The molecule has 7 nitrogen and oxygen atoms in total. The molecule has 0 aliphatic carbocycles. The average Bonchev–Trinajstić information content (AvgIpc) is 2.66. The number of carbonyl (C=O) groups excluding carboxylic acids is 1. The molecule has 0 unspecified atom stereocenters. The highest BCUT2D eigenvalue weighted by Gasteiger charge is 2.51. The van der Waals surface area contributed by atoms with Gasteiger partial charge in [-0.05, 0) is 44.9 Å². The summed E-state index contributed by atoms with van der Waals surface area (Å²) in [6, 6.07) is 4.64. The molecule has 158 valence electrons. The number of hydrogen-bond donors (Lipinski definition) is 2. The lowest BCUT2D eigenvalue weighted by Gasteiger charge is -2.53. The van der Waals surface area contributed by atoms with Gasteiger partial charge in [-0.15, -0.1) is 0 Å². The molecule has 29 heavy (non-hydrogen) atoms. The lowest BCUT2D eigenvalue weighted by atomic mass is 9.70. The SMILES string of the molecule is CC1(C)Oc2ccc(Cl)cc2[C@@H]2O[C@@H]3CCN(C(=O)[C@@H](N)CC(=O)O)C[C@@H]3C[C@H]21. The number of nitrogens with zero attached hydrogens (tertiary/aromatic N) is 1. The maximum absolute atomic E-state index is 12.6. The van der Waals surface area contributed by atoms with Gasteiger partial charge in [-0.2, -0.15) is 0 Å². The third-order valence-electron chi connectivity index (χ3n) is 6.48. The summed E-state index contributed by atoms with van der Waals surface area (Å²) in [7, 11) is 0. The molecule has 0 aromatic heterocycles. The Kier molecular flexibility index (Phi) is 5.25. The van der Waals surface area contributed by atoms with E-state index in [2.05, 4.69) is 13.8 Å². The molecule has 3 N–H and O–H groups in total. The van der Waals surface area contributed by atoms with Crippen LogP contribution >= 0.6 is 11.6 Å². The third-order valence-corrected chi connectivity index (χ3v) is 6.71. The summed E-state index contributed by atoms with van der Waals surface area (Å²) >= 11 is 6.23. The molecule has 3 heterocycles. The van der Waals surface area contributed by atoms with Crippen LogP contribution < -0.4 is 10.5 Å². The third kappa shape index (κ3) is 3.83. The van der Waals surface area contributed by atoms with Crippen LogP contribution in [0, 0.1) is 11.8 Å². The fourth-order valence-corrected chi connectivity index (χ4v) is 5.17. The van der Waals surface area contributed by atoms with Crippen molar-refractivity contribution in [1.82, 2.24) is 4.90 Å². The Balaban J connectivity index is 1.53. The number of piperidine rings is 1. The maximum atomic E-state index is 12.6. The van der Waals surface area contributed by atoms with Gasteiger partial charge in [-0.3, -0.25) is 9.59 Å². The van der Waals surface area contributed by atoms with Crippen LogP contribution in [0.25, 0.3) is 0 Å². The van der Waals surface area contributed by atoms with E-state index in [4.69, 9.17) is 31.9 Å². The number of ether oxygens (including phenoxy) is 2. The predicted octanol–water partition coefficient (Wildman–Crippen LogP) is 2.61. The molecule has 1 aromatic carbocycles. The molecule has 2 fully saturated rings. The first-order valence-electron chi connectivity index (χ1n) is 10.1. The highest BCUT2D eigenvalue weighted by molar-refractivity contribution is 6.30. The average molecular weight is 423 g/mol. The van der Waals surface area contributed by atoms with Crippen LogP contribution in [-0.4, -0.2) is 52.7 Å². The number of carboxylic acid groups (broad SMARTS) is 1. The van der Waals surface area contributed by atoms with Crippen LogP contribution in [0.1, 0.15) is 44.8 Å². The molecule has 0 saturated carbocycles. The monoisotopic (exact) mass is 422 g/mol. The van der Waals surface area contributed by atoms with Gasteiger partial charge in [0, 0.05) is 35.5 Å². The van der Waals surface area contributed by atoms with Crippen molar-refractivity contribution in [2.75, 3.05) is 13.1 Å². The molecule has 5 atom stereocenters. The standard InChI is InChI=1S/C21H27ClN2O5/c1-21(2)14-7-11-10-24(20(27)15(23)9-18(25)26)6-5-16(11)28-19(14)13-8-12(22)3-4-17(13)29-21/h3-4,8,11,14-16,19H,5-7,9-10,23H2,1-2H3,(H,25,26)/t11-,14+,15-,16+,19-/m0/s1. The molecule has 3 aliphatic heterocycles. The van der Waals surface area contributed by atoms with Crippen LogP contribution in [0.5, 0.6) is 5.75 Å². The first-order chi connectivity index (χ1) is 13.7. The zero-order chi connectivity index (χ0) is 20.9. The van der Waals surface area contributed by atoms with E-state index >= 15 is 0 Å². The van der Waals surface area contributed by atoms with E-state index in [1.54, 1.807) is 4.90 Å². The Morgan fingerprint density at radius 1 is 1.41 bits per heavy atom. The van der Waals surface area contributed by atoms with Gasteiger partial charge in [0.15, 0.2) is 0 Å². The van der Waals surface area contributed by atoms with E-state index in [0.717, 1.165) is 17.7 Å². The minimum atomic E-state index is -1.07. The van der Waals surface area contributed by atoms with Gasteiger partial charge in [0.25, 0.3) is 0 Å². The predicted molar refractivity (Wildman–Crippen MR) is 107 cm³/mol. The topological polar surface area (TPSA) is 102 Å². The Morgan fingerprint density at radius 2 is 2.17 bits per heavy atom. The number of halogens is 1. The molecule has 3 aliphatic rings. The summed E-state index contributed by atoms with van der Waals surface area (Å²) in [5, 5.41) is 9.57. The van der Waals surface area contributed by atoms with Crippen LogP contribution in [0.4, 0.5) is 0 Å². The second kappa shape index (κ2) is 7.45. The molecule has 8 heteroatoms. The highest BCUT2D eigenvalue weighted by Crippen LogP contribution is 2.53. The van der Waals surface area contributed by atoms with E-state index in [1.165, 1.54) is 0 Å². The van der Waals surface area contributed by atoms with E-state index in [9.17, 15) is 9.59 Å². The van der Waals surface area contributed by atoms with Crippen molar-refractivity contribution in [3.63, 3.8) is 0 Å². The first-order valence-corrected chi connectivity index (χ1v) is 10.4. The van der Waals surface area contributed by atoms with E-state index in [1.807, 2.05) is 18.2 Å². The summed E-state index contributed by atoms with van der Waals surface area (Å²) in [5.74, 6) is -0.273. The fourth-order valence-electron chi connectivity index (χ4n) is 4.99. The minimum Gasteiger partial charge on any atom is -0.487 e. The molecule has 4 rings (SSSR count). The van der Waals surface area contributed by atoms with Crippen molar-refractivity contribution in [2.24, 2.45) is 17.6 Å². The Morgan fingerprint density at radius 3 is 2.90 bits per heavy atom. The number of aliphatic carboxylic acids is 1. The van der Waals surface area contributed by atoms with Crippen LogP contribution in [0.15, 0.2) is 18.2 Å². The van der Waals surface area contributed by atoms with E-state index in [0.29, 0.717) is 24.5 Å². The molecule has 0 radical (unpaired) electrons. The van der Waals surface area contributed by atoms with Crippen molar-refractivity contribution >= 4 is 23.5 Å². The number of likely N-dealkylation sites (tertiary alicyclic amines) is 1. The van der Waals surface area contributed by atoms with Gasteiger partial charge in [0.05, 0.1) is 24.7 Å². The lowest BCUT2D eigenvalue weighted by molar-refractivity contribution is -0.189. The number of rotatable bonds is 3. The summed E-state index contributed by atoms with van der Waals surface area (Å²) in [6.45, 7) is 5.19. The summed E-state index contributed by atoms with van der Waals surface area (Å²) in [4.78, 5) is 25.2. The molecule has 1 aromatic rings. The van der Waals surface area contributed by atoms with Crippen molar-refractivity contribution in [3.05, 3.63) is 28.8 Å². The number of carboxylic acids is 1. The van der Waals surface area contributed by atoms with Gasteiger partial charge in [-0.1, -0.05) is 11.6 Å². The van der Waals surface area contributed by atoms with Crippen molar-refractivity contribution in [1.29, 1.82) is 0 Å². The smallest absolute Gasteiger partial charge is 0.305 e. The second-order valence-corrected chi connectivity index (χ2v) is 9.30. The Labute approximate surface area is 175 Å². The summed E-state index contributed by atoms with van der Waals surface area (Å²) in [5.41, 5.74) is 6.37. The number of nitrogens with two attached hydrogens (primary N) is 1. The van der Waals surface area contributed by atoms with E-state index < -0.39 is 17.6 Å². The van der Waals surface area contributed by atoms with Crippen LogP contribution in [0.3, 0.4) is 0 Å². The van der Waals surface area contributed by atoms with Crippen LogP contribution in [-0.2, 0) is 14.3 Å². The highest BCUT2D eigenvalue weighted by atomic mass is 35.5. The first kappa shape index (κ1) is 20.4. The number of carbonyl (C=O) groups is 2. The zero-order valence-corrected chi connectivity index (χ0v) is 17.4. The lowest BCUT2D eigenvalue weighted by Crippen LogP contribution is -2.57. The van der Waals surface area contributed by atoms with E-state index in [-0.39, 0.29) is 36.4 Å². The quantitative estimate of drug-likeness (QED) is 0.776. The molecule has 1 amide bonds. The number of fused-ring (bicyclic) bond motifs is 4.